The highest BCUT2D eigenvalue weighted by atomic mass is 32.2. The van der Waals surface area contributed by atoms with Crippen molar-refractivity contribution >= 4 is 16.9 Å². The first-order valence-corrected chi connectivity index (χ1v) is 7.16. The SMILES string of the molecule is CC(F)(F)CCC(F)(F)CCSC(=O)c1ccccc1. The summed E-state index contributed by atoms with van der Waals surface area (Å²) in [5, 5.41) is -0.290. The molecule has 0 spiro atoms. The van der Waals surface area contributed by atoms with Gasteiger partial charge in [0.1, 0.15) is 0 Å². The first kappa shape index (κ1) is 17.0. The predicted octanol–water partition coefficient (Wildman–Crippen LogP) is 5.02. The molecule has 0 aliphatic carbocycles. The molecule has 0 unspecified atom stereocenters. The monoisotopic (exact) mass is 308 g/mol. The lowest BCUT2D eigenvalue weighted by atomic mass is 10.1. The van der Waals surface area contributed by atoms with Crippen molar-refractivity contribution in [3.63, 3.8) is 0 Å². The van der Waals surface area contributed by atoms with Gasteiger partial charge in [-0.25, -0.2) is 17.6 Å². The summed E-state index contributed by atoms with van der Waals surface area (Å²) in [6, 6.07) is 8.33. The second-order valence-corrected chi connectivity index (χ2v) is 5.75. The minimum absolute atomic E-state index is 0.0873. The van der Waals surface area contributed by atoms with Crippen LogP contribution < -0.4 is 0 Å². The van der Waals surface area contributed by atoms with Gasteiger partial charge in [0, 0.05) is 30.6 Å². The highest BCUT2D eigenvalue weighted by Gasteiger charge is 2.33. The second-order valence-electron chi connectivity index (χ2n) is 4.68. The molecule has 20 heavy (non-hydrogen) atoms. The molecule has 1 rings (SSSR count). The van der Waals surface area contributed by atoms with Crippen molar-refractivity contribution in [3.05, 3.63) is 35.9 Å². The number of carbonyl (C=O) groups excluding carboxylic acids is 1. The van der Waals surface area contributed by atoms with Gasteiger partial charge in [0.15, 0.2) is 0 Å². The van der Waals surface area contributed by atoms with E-state index in [-0.39, 0.29) is 10.9 Å². The maximum atomic E-state index is 13.3. The predicted molar refractivity (Wildman–Crippen MR) is 72.6 cm³/mol. The molecule has 0 saturated heterocycles. The summed E-state index contributed by atoms with van der Waals surface area (Å²) in [5.41, 5.74) is 0.445. The van der Waals surface area contributed by atoms with Crippen molar-refractivity contribution in [1.82, 2.24) is 0 Å². The van der Waals surface area contributed by atoms with Crippen molar-refractivity contribution in [2.75, 3.05) is 5.75 Å². The van der Waals surface area contributed by atoms with Gasteiger partial charge in [-0.2, -0.15) is 0 Å². The Morgan fingerprint density at radius 2 is 1.65 bits per heavy atom. The fourth-order valence-corrected chi connectivity index (χ4v) is 2.37. The Labute approximate surface area is 119 Å². The van der Waals surface area contributed by atoms with Crippen molar-refractivity contribution in [1.29, 1.82) is 0 Å². The molecule has 0 bridgehead atoms. The van der Waals surface area contributed by atoms with Crippen LogP contribution in [0, 0.1) is 0 Å². The van der Waals surface area contributed by atoms with Gasteiger partial charge in [0.05, 0.1) is 0 Å². The molecule has 0 aliphatic heterocycles. The van der Waals surface area contributed by atoms with E-state index >= 15 is 0 Å². The molecule has 6 heteroatoms. The fraction of sp³-hybridized carbons (Fsp3) is 0.500. The van der Waals surface area contributed by atoms with E-state index < -0.39 is 31.1 Å². The Morgan fingerprint density at radius 1 is 1.05 bits per heavy atom. The van der Waals surface area contributed by atoms with E-state index in [1.807, 2.05) is 0 Å². The standard InChI is InChI=1S/C14H16F4OS/c1-13(15,16)7-8-14(17,18)9-10-20-12(19)11-5-3-2-4-6-11/h2-6H,7-10H2,1H3. The minimum Gasteiger partial charge on any atom is -0.282 e. The third kappa shape index (κ3) is 6.93. The van der Waals surface area contributed by atoms with Crippen molar-refractivity contribution < 1.29 is 22.4 Å². The van der Waals surface area contributed by atoms with Gasteiger partial charge in [0.2, 0.25) is 17.0 Å². The molecule has 112 valence electrons. The smallest absolute Gasteiger partial charge is 0.249 e. The molecular weight excluding hydrogens is 292 g/mol. The third-order valence-electron chi connectivity index (χ3n) is 2.64. The molecule has 0 aromatic heterocycles. The summed E-state index contributed by atoms with van der Waals surface area (Å²) in [6.45, 7) is 0.622. The van der Waals surface area contributed by atoms with E-state index in [0.29, 0.717) is 12.5 Å². The van der Waals surface area contributed by atoms with Crippen LogP contribution in [-0.4, -0.2) is 22.7 Å². The Morgan fingerprint density at radius 3 is 2.20 bits per heavy atom. The van der Waals surface area contributed by atoms with E-state index in [1.165, 1.54) is 0 Å². The van der Waals surface area contributed by atoms with E-state index in [2.05, 4.69) is 0 Å². The molecule has 0 atom stereocenters. The Kier molecular flexibility index (Phi) is 6.05. The normalized spacial score (nSPS) is 12.4. The molecule has 0 heterocycles. The van der Waals surface area contributed by atoms with E-state index in [9.17, 15) is 22.4 Å². The number of carbonyl (C=O) groups is 1. The Hall–Kier alpha value is -1.04. The molecule has 1 aromatic rings. The lowest BCUT2D eigenvalue weighted by Crippen LogP contribution is -2.22. The summed E-state index contributed by atoms with van der Waals surface area (Å²) >= 11 is 0.783. The average Bonchev–Trinajstić information content (AvgIpc) is 2.37. The zero-order chi connectivity index (χ0) is 15.2. The first-order valence-electron chi connectivity index (χ1n) is 6.17. The van der Waals surface area contributed by atoms with Crippen molar-refractivity contribution in [2.45, 2.75) is 38.0 Å². The van der Waals surface area contributed by atoms with E-state index in [4.69, 9.17) is 0 Å². The molecule has 0 N–H and O–H groups in total. The average molecular weight is 308 g/mol. The number of rotatable bonds is 7. The summed E-state index contributed by atoms with van der Waals surface area (Å²) < 4.78 is 51.8. The molecule has 1 nitrogen and oxygen atoms in total. The van der Waals surface area contributed by atoms with Crippen LogP contribution in [0.4, 0.5) is 17.6 Å². The lowest BCUT2D eigenvalue weighted by Gasteiger charge is -2.18. The molecule has 0 fully saturated rings. The number of halogens is 4. The zero-order valence-corrected chi connectivity index (χ0v) is 11.9. The molecule has 0 radical (unpaired) electrons. The molecule has 0 saturated carbocycles. The number of alkyl halides is 4. The summed E-state index contributed by atoms with van der Waals surface area (Å²) in [7, 11) is 0. The number of benzene rings is 1. The Bertz CT molecular complexity index is 429. The van der Waals surface area contributed by atoms with Crippen LogP contribution in [0.3, 0.4) is 0 Å². The van der Waals surface area contributed by atoms with Crippen LogP contribution in [-0.2, 0) is 0 Å². The van der Waals surface area contributed by atoms with E-state index in [0.717, 1.165) is 11.8 Å². The molecule has 0 amide bonds. The maximum absolute atomic E-state index is 13.3. The number of hydrogen-bond donors (Lipinski definition) is 0. The fourth-order valence-electron chi connectivity index (χ4n) is 1.48. The summed E-state index contributed by atoms with van der Waals surface area (Å²) in [5.74, 6) is -6.34. The van der Waals surface area contributed by atoms with Gasteiger partial charge >= 0.3 is 0 Å². The summed E-state index contributed by atoms with van der Waals surface area (Å²) in [4.78, 5) is 11.6. The topological polar surface area (TPSA) is 17.1 Å². The van der Waals surface area contributed by atoms with Gasteiger partial charge in [-0.1, -0.05) is 42.1 Å². The van der Waals surface area contributed by atoms with Gasteiger partial charge in [-0.3, -0.25) is 4.79 Å². The summed E-state index contributed by atoms with van der Waals surface area (Å²) in [6.07, 6.45) is -2.29. The minimum atomic E-state index is -3.16. The zero-order valence-electron chi connectivity index (χ0n) is 11.0. The lowest BCUT2D eigenvalue weighted by molar-refractivity contribution is -0.0550. The third-order valence-corrected chi connectivity index (χ3v) is 3.55. The number of hydrogen-bond acceptors (Lipinski definition) is 2. The van der Waals surface area contributed by atoms with Gasteiger partial charge in [0.25, 0.3) is 0 Å². The number of thioether (sulfide) groups is 1. The highest BCUT2D eigenvalue weighted by molar-refractivity contribution is 8.14. The van der Waals surface area contributed by atoms with Gasteiger partial charge in [-0.05, 0) is 6.92 Å². The van der Waals surface area contributed by atoms with E-state index in [1.54, 1.807) is 30.3 Å². The van der Waals surface area contributed by atoms with Gasteiger partial charge in [-0.15, -0.1) is 0 Å². The molecule has 1 aromatic carbocycles. The first-order chi connectivity index (χ1) is 9.20. The van der Waals surface area contributed by atoms with Crippen LogP contribution >= 0.6 is 11.8 Å². The van der Waals surface area contributed by atoms with Crippen LogP contribution in [0.1, 0.15) is 36.5 Å². The maximum Gasteiger partial charge on any atom is 0.249 e. The largest absolute Gasteiger partial charge is 0.282 e. The van der Waals surface area contributed by atoms with Crippen LogP contribution in [0.2, 0.25) is 0 Å². The highest BCUT2D eigenvalue weighted by Crippen LogP contribution is 2.31. The molecule has 0 aliphatic rings. The van der Waals surface area contributed by atoms with Crippen molar-refractivity contribution in [2.24, 2.45) is 0 Å². The van der Waals surface area contributed by atoms with Crippen LogP contribution in [0.15, 0.2) is 30.3 Å². The van der Waals surface area contributed by atoms with Crippen LogP contribution in [0.5, 0.6) is 0 Å². The Balaban J connectivity index is 2.34. The molecular formula is C14H16F4OS. The van der Waals surface area contributed by atoms with Crippen LogP contribution in [0.25, 0.3) is 0 Å². The van der Waals surface area contributed by atoms with Crippen molar-refractivity contribution in [3.8, 4) is 0 Å². The van der Waals surface area contributed by atoms with Gasteiger partial charge < -0.3 is 0 Å². The second kappa shape index (κ2) is 7.11. The quantitative estimate of drug-likeness (QED) is 0.658.